The number of para-hydroxylation sites is 1. The Morgan fingerprint density at radius 2 is 1.80 bits per heavy atom. The fraction of sp³-hybridized carbons (Fsp3) is 0.158. The topological polar surface area (TPSA) is 81.4 Å². The molecular weight excluding hydrogens is 340 g/mol. The first-order valence-electron chi connectivity index (χ1n) is 7.55. The maximum absolute atomic E-state index is 11.8. The van der Waals surface area contributed by atoms with Crippen molar-refractivity contribution in [2.24, 2.45) is 5.73 Å². The van der Waals surface area contributed by atoms with Gasteiger partial charge in [0.1, 0.15) is 12.4 Å². The van der Waals surface area contributed by atoms with Crippen molar-refractivity contribution < 1.29 is 14.3 Å². The summed E-state index contributed by atoms with van der Waals surface area (Å²) in [4.78, 5) is 23.0. The number of hydrogen-bond acceptors (Lipinski definition) is 3. The average molecular weight is 357 g/mol. The summed E-state index contributed by atoms with van der Waals surface area (Å²) >= 11 is 5.80. The van der Waals surface area contributed by atoms with E-state index in [1.54, 1.807) is 48.5 Å². The highest BCUT2D eigenvalue weighted by molar-refractivity contribution is 6.30. The van der Waals surface area contributed by atoms with Crippen LogP contribution in [0.4, 0.5) is 0 Å². The number of benzene rings is 2. The monoisotopic (exact) mass is 356 g/mol. The number of carbonyl (C=O) groups excluding carboxylic acids is 2. The molecule has 2 rings (SSSR count). The van der Waals surface area contributed by atoms with Crippen LogP contribution in [0.25, 0.3) is 0 Å². The summed E-state index contributed by atoms with van der Waals surface area (Å²) in [6, 6.07) is 13.8. The Morgan fingerprint density at radius 1 is 1.08 bits per heavy atom. The molecule has 0 radical (unpaired) electrons. The van der Waals surface area contributed by atoms with E-state index in [0.29, 0.717) is 16.3 Å². The summed E-state index contributed by atoms with van der Waals surface area (Å²) in [5.41, 5.74) is 6.44. The number of amides is 2. The van der Waals surface area contributed by atoms with Crippen molar-refractivity contribution in [3.63, 3.8) is 0 Å². The maximum Gasteiger partial charge on any atom is 0.252 e. The van der Waals surface area contributed by atoms with Gasteiger partial charge < -0.3 is 15.8 Å². The summed E-state index contributed by atoms with van der Waals surface area (Å²) in [5, 5.41) is 3.33. The SMILES string of the molecule is NC(=O)c1ccccc1OCC#CCNC(=O)Cc1ccc(Cl)cc1. The summed E-state index contributed by atoms with van der Waals surface area (Å²) in [6.07, 6.45) is 0.265. The minimum absolute atomic E-state index is 0.0946. The van der Waals surface area contributed by atoms with Crippen LogP contribution in [0.1, 0.15) is 15.9 Å². The summed E-state index contributed by atoms with van der Waals surface area (Å²) < 4.78 is 5.41. The predicted molar refractivity (Wildman–Crippen MR) is 96.4 cm³/mol. The molecule has 0 unspecified atom stereocenters. The fourth-order valence-electron chi connectivity index (χ4n) is 2.02. The van der Waals surface area contributed by atoms with Crippen molar-refractivity contribution in [1.82, 2.24) is 5.32 Å². The summed E-state index contributed by atoms with van der Waals surface area (Å²) in [7, 11) is 0. The van der Waals surface area contributed by atoms with E-state index in [0.717, 1.165) is 5.56 Å². The van der Waals surface area contributed by atoms with Crippen LogP contribution in [-0.4, -0.2) is 25.0 Å². The van der Waals surface area contributed by atoms with E-state index in [-0.39, 0.29) is 25.5 Å². The lowest BCUT2D eigenvalue weighted by Crippen LogP contribution is -2.25. The van der Waals surface area contributed by atoms with Gasteiger partial charge in [0.2, 0.25) is 5.91 Å². The lowest BCUT2D eigenvalue weighted by atomic mass is 10.1. The highest BCUT2D eigenvalue weighted by atomic mass is 35.5. The number of nitrogens with one attached hydrogen (secondary N) is 1. The second-order valence-corrected chi connectivity index (χ2v) is 5.52. The maximum atomic E-state index is 11.8. The molecule has 0 bridgehead atoms. The average Bonchev–Trinajstić information content (AvgIpc) is 2.60. The lowest BCUT2D eigenvalue weighted by Gasteiger charge is -2.05. The van der Waals surface area contributed by atoms with Crippen LogP contribution in [0.3, 0.4) is 0 Å². The lowest BCUT2D eigenvalue weighted by molar-refractivity contribution is -0.120. The molecule has 0 aliphatic heterocycles. The smallest absolute Gasteiger partial charge is 0.252 e. The highest BCUT2D eigenvalue weighted by Gasteiger charge is 2.07. The van der Waals surface area contributed by atoms with E-state index in [1.165, 1.54) is 0 Å². The summed E-state index contributed by atoms with van der Waals surface area (Å²) in [5.74, 6) is 5.26. The zero-order valence-electron chi connectivity index (χ0n) is 13.4. The standard InChI is InChI=1S/C19H17ClN2O3/c20-15-9-7-14(8-10-15)13-18(23)22-11-3-4-12-25-17-6-2-1-5-16(17)19(21)24/h1-2,5-10H,11-13H2,(H2,21,24)(H,22,23). The third-order valence-corrected chi connectivity index (χ3v) is 3.48. The summed E-state index contributed by atoms with van der Waals surface area (Å²) in [6.45, 7) is 0.310. The quantitative estimate of drug-likeness (QED) is 0.778. The first-order valence-corrected chi connectivity index (χ1v) is 7.92. The predicted octanol–water partition coefficient (Wildman–Crippen LogP) is 2.18. The second kappa shape index (κ2) is 9.36. The van der Waals surface area contributed by atoms with E-state index in [2.05, 4.69) is 17.2 Å². The molecule has 2 amide bonds. The van der Waals surface area contributed by atoms with E-state index in [4.69, 9.17) is 22.1 Å². The van der Waals surface area contributed by atoms with Crippen molar-refractivity contribution in [2.45, 2.75) is 6.42 Å². The molecule has 0 aliphatic carbocycles. The number of halogens is 1. The second-order valence-electron chi connectivity index (χ2n) is 5.08. The molecule has 0 aliphatic rings. The minimum Gasteiger partial charge on any atom is -0.480 e. The van der Waals surface area contributed by atoms with Crippen LogP contribution < -0.4 is 15.8 Å². The Hall–Kier alpha value is -2.97. The normalized spacial score (nSPS) is 9.64. The van der Waals surface area contributed by atoms with Crippen molar-refractivity contribution in [2.75, 3.05) is 13.2 Å². The van der Waals surface area contributed by atoms with E-state index in [1.807, 2.05) is 0 Å². The minimum atomic E-state index is -0.557. The van der Waals surface area contributed by atoms with Crippen molar-refractivity contribution in [3.05, 3.63) is 64.7 Å². The van der Waals surface area contributed by atoms with Gasteiger partial charge in [-0.2, -0.15) is 0 Å². The van der Waals surface area contributed by atoms with Gasteiger partial charge in [-0.1, -0.05) is 47.7 Å². The molecule has 3 N–H and O–H groups in total. The molecule has 6 heteroatoms. The zero-order valence-corrected chi connectivity index (χ0v) is 14.2. The number of rotatable bonds is 6. The van der Waals surface area contributed by atoms with E-state index < -0.39 is 5.91 Å². The molecular formula is C19H17ClN2O3. The molecule has 0 saturated heterocycles. The van der Waals surface area contributed by atoms with Crippen molar-refractivity contribution >= 4 is 23.4 Å². The van der Waals surface area contributed by atoms with Gasteiger partial charge in [0.05, 0.1) is 18.5 Å². The molecule has 2 aromatic carbocycles. The molecule has 2 aromatic rings. The molecule has 0 spiro atoms. The van der Waals surface area contributed by atoms with Crippen LogP contribution in [0.2, 0.25) is 5.02 Å². The molecule has 0 saturated carbocycles. The largest absolute Gasteiger partial charge is 0.480 e. The van der Waals surface area contributed by atoms with Gasteiger partial charge in [0, 0.05) is 5.02 Å². The number of nitrogens with two attached hydrogens (primary N) is 1. The first-order chi connectivity index (χ1) is 12.1. The van der Waals surface area contributed by atoms with Gasteiger partial charge in [0.25, 0.3) is 5.91 Å². The van der Waals surface area contributed by atoms with Gasteiger partial charge in [-0.15, -0.1) is 0 Å². The van der Waals surface area contributed by atoms with Crippen LogP contribution in [0.5, 0.6) is 5.75 Å². The van der Waals surface area contributed by atoms with E-state index in [9.17, 15) is 9.59 Å². The number of carbonyl (C=O) groups is 2. The Kier molecular flexibility index (Phi) is 6.87. The van der Waals surface area contributed by atoms with Gasteiger partial charge >= 0.3 is 0 Å². The molecule has 0 atom stereocenters. The van der Waals surface area contributed by atoms with Gasteiger partial charge in [-0.3, -0.25) is 9.59 Å². The Morgan fingerprint density at radius 3 is 2.52 bits per heavy atom. The van der Waals surface area contributed by atoms with Crippen LogP contribution >= 0.6 is 11.6 Å². The molecule has 128 valence electrons. The van der Waals surface area contributed by atoms with Crippen molar-refractivity contribution in [1.29, 1.82) is 0 Å². The number of primary amides is 1. The molecule has 0 fully saturated rings. The van der Waals surface area contributed by atoms with Crippen molar-refractivity contribution in [3.8, 4) is 17.6 Å². The van der Waals surface area contributed by atoms with Gasteiger partial charge in [-0.05, 0) is 29.8 Å². The molecule has 0 aromatic heterocycles. The Bertz CT molecular complexity index is 807. The van der Waals surface area contributed by atoms with Crippen LogP contribution in [0.15, 0.2) is 48.5 Å². The Balaban J connectivity index is 1.73. The number of hydrogen-bond donors (Lipinski definition) is 2. The zero-order chi connectivity index (χ0) is 18.1. The van der Waals surface area contributed by atoms with Crippen LogP contribution in [0, 0.1) is 11.8 Å². The third kappa shape index (κ3) is 6.21. The molecule has 5 nitrogen and oxygen atoms in total. The highest BCUT2D eigenvalue weighted by Crippen LogP contribution is 2.16. The van der Waals surface area contributed by atoms with Gasteiger partial charge in [-0.25, -0.2) is 0 Å². The molecule has 25 heavy (non-hydrogen) atoms. The van der Waals surface area contributed by atoms with Gasteiger partial charge in [0.15, 0.2) is 0 Å². The molecule has 0 heterocycles. The third-order valence-electron chi connectivity index (χ3n) is 3.23. The van der Waals surface area contributed by atoms with E-state index >= 15 is 0 Å². The number of ether oxygens (including phenoxy) is 1. The fourth-order valence-corrected chi connectivity index (χ4v) is 2.14. The Labute approximate surface area is 151 Å². The van der Waals surface area contributed by atoms with Crippen LogP contribution in [-0.2, 0) is 11.2 Å². The first kappa shape index (κ1) is 18.4.